The highest BCUT2D eigenvalue weighted by Crippen LogP contribution is 2.32. The predicted octanol–water partition coefficient (Wildman–Crippen LogP) is 3.89. The molecule has 1 aromatic heterocycles. The lowest BCUT2D eigenvalue weighted by Gasteiger charge is -2.05. The number of nitrogens with two attached hydrogens (primary N) is 1. The molecule has 0 saturated carbocycles. The summed E-state index contributed by atoms with van der Waals surface area (Å²) < 4.78 is 0.999. The van der Waals surface area contributed by atoms with Gasteiger partial charge in [-0.1, -0.05) is 17.8 Å². The van der Waals surface area contributed by atoms with Gasteiger partial charge in [-0.25, -0.2) is 4.98 Å². The van der Waals surface area contributed by atoms with Crippen molar-refractivity contribution in [2.45, 2.75) is 16.8 Å². The molecule has 0 amide bonds. The van der Waals surface area contributed by atoms with Crippen molar-refractivity contribution < 1.29 is 0 Å². The van der Waals surface area contributed by atoms with Crippen molar-refractivity contribution in [3.63, 3.8) is 0 Å². The third-order valence-corrected chi connectivity index (χ3v) is 4.10. The number of anilines is 1. The van der Waals surface area contributed by atoms with E-state index < -0.39 is 0 Å². The molecule has 4 heteroatoms. The molecule has 0 atom stereocenters. The molecule has 0 fully saturated rings. The molecule has 16 heavy (non-hydrogen) atoms. The standard InChI is InChI=1S/C12H11BrN2S/c1-8-4-5-9(7-11(8)14)16-12-10(13)3-2-6-15-12/h2-7H,14H2,1H3. The molecule has 0 unspecified atom stereocenters. The highest BCUT2D eigenvalue weighted by atomic mass is 79.9. The molecule has 2 nitrogen and oxygen atoms in total. The highest BCUT2D eigenvalue weighted by molar-refractivity contribution is 9.10. The molecule has 0 bridgehead atoms. The molecule has 82 valence electrons. The first kappa shape index (κ1) is 11.5. The van der Waals surface area contributed by atoms with Gasteiger partial charge >= 0.3 is 0 Å². The van der Waals surface area contributed by atoms with Crippen molar-refractivity contribution in [3.05, 3.63) is 46.6 Å². The summed E-state index contributed by atoms with van der Waals surface area (Å²) in [7, 11) is 0. The molecular weight excluding hydrogens is 284 g/mol. The van der Waals surface area contributed by atoms with Gasteiger partial charge in [-0.15, -0.1) is 0 Å². The lowest BCUT2D eigenvalue weighted by Crippen LogP contribution is -1.89. The Bertz CT molecular complexity index is 514. The normalized spacial score (nSPS) is 10.4. The zero-order valence-corrected chi connectivity index (χ0v) is 11.2. The van der Waals surface area contributed by atoms with Crippen LogP contribution in [0.3, 0.4) is 0 Å². The summed E-state index contributed by atoms with van der Waals surface area (Å²) in [6, 6.07) is 9.93. The van der Waals surface area contributed by atoms with Gasteiger partial charge in [0.25, 0.3) is 0 Å². The van der Waals surface area contributed by atoms with E-state index in [2.05, 4.69) is 27.0 Å². The summed E-state index contributed by atoms with van der Waals surface area (Å²) >= 11 is 5.07. The van der Waals surface area contributed by atoms with Gasteiger partial charge in [-0.3, -0.25) is 0 Å². The largest absolute Gasteiger partial charge is 0.398 e. The second-order valence-electron chi connectivity index (χ2n) is 3.41. The van der Waals surface area contributed by atoms with E-state index in [9.17, 15) is 0 Å². The first-order chi connectivity index (χ1) is 7.66. The van der Waals surface area contributed by atoms with E-state index in [0.29, 0.717) is 0 Å². The van der Waals surface area contributed by atoms with Crippen molar-refractivity contribution in [1.82, 2.24) is 4.98 Å². The van der Waals surface area contributed by atoms with Gasteiger partial charge < -0.3 is 5.73 Å². The van der Waals surface area contributed by atoms with Gasteiger partial charge in [0.05, 0.1) is 4.47 Å². The van der Waals surface area contributed by atoms with Crippen LogP contribution in [0.5, 0.6) is 0 Å². The lowest BCUT2D eigenvalue weighted by molar-refractivity contribution is 1.11. The van der Waals surface area contributed by atoms with Gasteiger partial charge in [0.15, 0.2) is 0 Å². The van der Waals surface area contributed by atoms with E-state index in [1.54, 1.807) is 18.0 Å². The SMILES string of the molecule is Cc1ccc(Sc2ncccc2Br)cc1N. The van der Waals surface area contributed by atoms with Crippen LogP contribution in [-0.4, -0.2) is 4.98 Å². The average Bonchev–Trinajstić information content (AvgIpc) is 2.27. The van der Waals surface area contributed by atoms with Gasteiger partial charge in [0.1, 0.15) is 5.03 Å². The Morgan fingerprint density at radius 2 is 2.12 bits per heavy atom. The van der Waals surface area contributed by atoms with E-state index >= 15 is 0 Å². The minimum Gasteiger partial charge on any atom is -0.398 e. The number of nitrogens with zero attached hydrogens (tertiary/aromatic N) is 1. The minimum absolute atomic E-state index is 0.817. The lowest BCUT2D eigenvalue weighted by atomic mass is 10.2. The number of aromatic nitrogens is 1. The Kier molecular flexibility index (Phi) is 3.51. The Hall–Kier alpha value is -1.00. The topological polar surface area (TPSA) is 38.9 Å². The molecule has 2 N–H and O–H groups in total. The smallest absolute Gasteiger partial charge is 0.115 e. The van der Waals surface area contributed by atoms with Crippen molar-refractivity contribution >= 4 is 33.4 Å². The second kappa shape index (κ2) is 4.89. The number of nitrogen functional groups attached to an aromatic ring is 1. The molecule has 0 spiro atoms. The van der Waals surface area contributed by atoms with E-state index in [0.717, 1.165) is 25.6 Å². The number of pyridine rings is 1. The summed E-state index contributed by atoms with van der Waals surface area (Å²) in [4.78, 5) is 5.40. The number of rotatable bonds is 2. The Labute approximate surface area is 107 Å². The molecular formula is C12H11BrN2S. The average molecular weight is 295 g/mol. The maximum absolute atomic E-state index is 5.87. The van der Waals surface area contributed by atoms with E-state index in [1.165, 1.54) is 0 Å². The number of hydrogen-bond donors (Lipinski definition) is 1. The number of benzene rings is 1. The van der Waals surface area contributed by atoms with Crippen molar-refractivity contribution in [1.29, 1.82) is 0 Å². The van der Waals surface area contributed by atoms with Gasteiger partial charge in [-0.2, -0.15) is 0 Å². The van der Waals surface area contributed by atoms with Crippen LogP contribution in [0.25, 0.3) is 0 Å². The Morgan fingerprint density at radius 1 is 1.31 bits per heavy atom. The van der Waals surface area contributed by atoms with Crippen LogP contribution in [0.2, 0.25) is 0 Å². The van der Waals surface area contributed by atoms with Crippen molar-refractivity contribution in [2.75, 3.05) is 5.73 Å². The summed E-state index contributed by atoms with van der Waals surface area (Å²) in [5.74, 6) is 0. The summed E-state index contributed by atoms with van der Waals surface area (Å²) in [6.45, 7) is 2.00. The maximum Gasteiger partial charge on any atom is 0.115 e. The molecule has 1 heterocycles. The minimum atomic E-state index is 0.817. The fourth-order valence-corrected chi connectivity index (χ4v) is 2.56. The third-order valence-electron chi connectivity index (χ3n) is 2.19. The zero-order valence-electron chi connectivity index (χ0n) is 8.77. The molecule has 2 rings (SSSR count). The first-order valence-corrected chi connectivity index (χ1v) is 6.42. The van der Waals surface area contributed by atoms with E-state index in [1.807, 2.05) is 31.2 Å². The van der Waals surface area contributed by atoms with Crippen LogP contribution in [0.4, 0.5) is 5.69 Å². The first-order valence-electron chi connectivity index (χ1n) is 4.81. The van der Waals surface area contributed by atoms with Crippen LogP contribution in [0.1, 0.15) is 5.56 Å². The molecule has 0 saturated heterocycles. The van der Waals surface area contributed by atoms with Crippen molar-refractivity contribution in [2.24, 2.45) is 0 Å². The molecule has 0 aliphatic carbocycles. The van der Waals surface area contributed by atoms with Crippen LogP contribution in [0.15, 0.2) is 50.9 Å². The fourth-order valence-electron chi connectivity index (χ4n) is 1.24. The highest BCUT2D eigenvalue weighted by Gasteiger charge is 2.04. The Balaban J connectivity index is 2.28. The fraction of sp³-hybridized carbons (Fsp3) is 0.0833. The summed E-state index contributed by atoms with van der Waals surface area (Å²) in [5.41, 5.74) is 7.78. The van der Waals surface area contributed by atoms with Gasteiger partial charge in [0.2, 0.25) is 0 Å². The molecule has 0 aliphatic rings. The molecule has 1 aromatic carbocycles. The van der Waals surface area contributed by atoms with E-state index in [-0.39, 0.29) is 0 Å². The van der Waals surface area contributed by atoms with E-state index in [4.69, 9.17) is 5.73 Å². The summed E-state index contributed by atoms with van der Waals surface area (Å²) in [6.07, 6.45) is 1.78. The second-order valence-corrected chi connectivity index (χ2v) is 5.33. The third kappa shape index (κ3) is 2.57. The quantitative estimate of drug-likeness (QED) is 0.854. The maximum atomic E-state index is 5.87. The molecule has 0 radical (unpaired) electrons. The van der Waals surface area contributed by atoms with Crippen LogP contribution >= 0.6 is 27.7 Å². The number of aryl methyl sites for hydroxylation is 1. The number of halogens is 1. The van der Waals surface area contributed by atoms with Crippen LogP contribution < -0.4 is 5.73 Å². The molecule has 2 aromatic rings. The zero-order chi connectivity index (χ0) is 11.5. The van der Waals surface area contributed by atoms with Gasteiger partial charge in [-0.05, 0) is 52.7 Å². The monoisotopic (exact) mass is 294 g/mol. The Morgan fingerprint density at radius 3 is 2.81 bits per heavy atom. The molecule has 0 aliphatic heterocycles. The number of hydrogen-bond acceptors (Lipinski definition) is 3. The van der Waals surface area contributed by atoms with Gasteiger partial charge in [0, 0.05) is 16.8 Å². The summed E-state index contributed by atoms with van der Waals surface area (Å²) in [5, 5.41) is 0.950. The van der Waals surface area contributed by atoms with Crippen molar-refractivity contribution in [3.8, 4) is 0 Å². The van der Waals surface area contributed by atoms with Crippen LogP contribution in [-0.2, 0) is 0 Å². The van der Waals surface area contributed by atoms with Crippen LogP contribution in [0, 0.1) is 6.92 Å². The predicted molar refractivity (Wildman–Crippen MR) is 71.7 cm³/mol.